The summed E-state index contributed by atoms with van der Waals surface area (Å²) in [6.45, 7) is 8.22. The number of Topliss-reactive ketones (excluding diaryl/α,β-unsaturated/α-hetero) is 1. The molecule has 1 aliphatic carbocycles. The second-order valence-electron chi connectivity index (χ2n) is 5.99. The van der Waals surface area contributed by atoms with Gasteiger partial charge in [-0.3, -0.25) is 4.79 Å². The van der Waals surface area contributed by atoms with Gasteiger partial charge in [-0.05, 0) is 17.8 Å². The molecule has 0 bridgehead atoms. The average molecular weight is 221 g/mol. The van der Waals surface area contributed by atoms with Crippen LogP contribution in [0.4, 0.5) is 0 Å². The molecule has 0 aromatic rings. The SMILES string of the molecule is CCCCC[C@H]1CC(=O)[C@@]1(C#N)C(C)(C)C. The molecule has 0 aromatic carbocycles. The number of hydrogen-bond acceptors (Lipinski definition) is 2. The zero-order valence-electron chi connectivity index (χ0n) is 11.0. The van der Waals surface area contributed by atoms with Crippen molar-refractivity contribution in [3.8, 4) is 6.07 Å². The summed E-state index contributed by atoms with van der Waals surface area (Å²) >= 11 is 0. The molecule has 0 spiro atoms. The predicted molar refractivity (Wildman–Crippen MR) is 64.8 cm³/mol. The van der Waals surface area contributed by atoms with Crippen LogP contribution >= 0.6 is 0 Å². The van der Waals surface area contributed by atoms with Crippen LogP contribution in [0.1, 0.15) is 59.8 Å². The highest BCUT2D eigenvalue weighted by molar-refractivity contribution is 5.95. The number of nitrogens with zero attached hydrogens (tertiary/aromatic N) is 1. The van der Waals surface area contributed by atoms with E-state index in [-0.39, 0.29) is 17.1 Å². The van der Waals surface area contributed by atoms with Gasteiger partial charge >= 0.3 is 0 Å². The quantitative estimate of drug-likeness (QED) is 0.679. The summed E-state index contributed by atoms with van der Waals surface area (Å²) in [5.41, 5.74) is -0.936. The minimum absolute atomic E-state index is 0.156. The molecule has 0 aliphatic heterocycles. The fourth-order valence-electron chi connectivity index (χ4n) is 2.95. The van der Waals surface area contributed by atoms with Gasteiger partial charge in [0.15, 0.2) is 5.78 Å². The van der Waals surface area contributed by atoms with E-state index in [0.717, 1.165) is 12.8 Å². The first kappa shape index (κ1) is 13.2. The molecule has 1 aliphatic rings. The molecule has 0 amide bonds. The third kappa shape index (κ3) is 1.88. The fraction of sp³-hybridized carbons (Fsp3) is 0.857. The fourth-order valence-corrected chi connectivity index (χ4v) is 2.95. The molecular weight excluding hydrogens is 198 g/mol. The smallest absolute Gasteiger partial charge is 0.154 e. The summed E-state index contributed by atoms with van der Waals surface area (Å²) in [6.07, 6.45) is 5.19. The van der Waals surface area contributed by atoms with Crippen LogP contribution in [0.3, 0.4) is 0 Å². The van der Waals surface area contributed by atoms with E-state index in [4.69, 9.17) is 0 Å². The van der Waals surface area contributed by atoms with Crippen LogP contribution in [0.2, 0.25) is 0 Å². The number of carbonyl (C=O) groups is 1. The van der Waals surface area contributed by atoms with Crippen molar-refractivity contribution >= 4 is 5.78 Å². The minimum Gasteiger partial charge on any atom is -0.298 e. The Morgan fingerprint density at radius 2 is 2.06 bits per heavy atom. The lowest BCUT2D eigenvalue weighted by Gasteiger charge is -2.51. The van der Waals surface area contributed by atoms with E-state index in [1.807, 2.05) is 20.8 Å². The van der Waals surface area contributed by atoms with Gasteiger partial charge in [-0.2, -0.15) is 5.26 Å². The first-order chi connectivity index (χ1) is 7.40. The molecule has 90 valence electrons. The van der Waals surface area contributed by atoms with Crippen LogP contribution in [-0.2, 0) is 4.79 Å². The van der Waals surface area contributed by atoms with Crippen LogP contribution in [0.15, 0.2) is 0 Å². The van der Waals surface area contributed by atoms with Gasteiger partial charge in [0.1, 0.15) is 5.41 Å². The summed E-state index contributed by atoms with van der Waals surface area (Å²) in [4.78, 5) is 11.9. The van der Waals surface area contributed by atoms with Gasteiger partial charge in [-0.15, -0.1) is 0 Å². The lowest BCUT2D eigenvalue weighted by atomic mass is 9.48. The van der Waals surface area contributed by atoms with E-state index in [9.17, 15) is 10.1 Å². The summed E-state index contributed by atoms with van der Waals surface area (Å²) in [5, 5.41) is 9.40. The van der Waals surface area contributed by atoms with E-state index < -0.39 is 5.41 Å². The highest BCUT2D eigenvalue weighted by Crippen LogP contribution is 2.56. The van der Waals surface area contributed by atoms with Gasteiger partial charge in [0.05, 0.1) is 6.07 Å². The van der Waals surface area contributed by atoms with Crippen molar-refractivity contribution in [2.24, 2.45) is 16.7 Å². The number of carbonyl (C=O) groups excluding carboxylic acids is 1. The maximum atomic E-state index is 11.9. The number of nitriles is 1. The molecule has 0 N–H and O–H groups in total. The topological polar surface area (TPSA) is 40.9 Å². The number of unbranched alkanes of at least 4 members (excludes halogenated alkanes) is 2. The normalized spacial score (nSPS) is 29.7. The van der Waals surface area contributed by atoms with E-state index in [1.54, 1.807) is 0 Å². The lowest BCUT2D eigenvalue weighted by Crippen LogP contribution is -2.56. The van der Waals surface area contributed by atoms with Crippen LogP contribution < -0.4 is 0 Å². The molecular formula is C14H23NO. The highest BCUT2D eigenvalue weighted by Gasteiger charge is 2.61. The Morgan fingerprint density at radius 3 is 2.44 bits per heavy atom. The third-order valence-corrected chi connectivity index (χ3v) is 4.00. The second kappa shape index (κ2) is 4.57. The monoisotopic (exact) mass is 221 g/mol. The van der Waals surface area contributed by atoms with Crippen LogP contribution in [0.25, 0.3) is 0 Å². The first-order valence-corrected chi connectivity index (χ1v) is 6.34. The Balaban J connectivity index is 2.75. The molecule has 0 radical (unpaired) electrons. The zero-order chi connectivity index (χ0) is 12.4. The Morgan fingerprint density at radius 1 is 1.44 bits per heavy atom. The summed E-state index contributed by atoms with van der Waals surface area (Å²) in [7, 11) is 0. The minimum atomic E-state index is -0.708. The second-order valence-corrected chi connectivity index (χ2v) is 5.99. The highest BCUT2D eigenvalue weighted by atomic mass is 16.1. The molecule has 1 fully saturated rings. The van der Waals surface area contributed by atoms with Crippen LogP contribution in [0, 0.1) is 28.1 Å². The van der Waals surface area contributed by atoms with Gasteiger partial charge in [-0.25, -0.2) is 0 Å². The van der Waals surface area contributed by atoms with E-state index in [2.05, 4.69) is 13.0 Å². The number of hydrogen-bond donors (Lipinski definition) is 0. The Hall–Kier alpha value is -0.840. The third-order valence-electron chi connectivity index (χ3n) is 4.00. The molecule has 2 nitrogen and oxygen atoms in total. The van der Waals surface area contributed by atoms with Crippen molar-refractivity contribution in [3.63, 3.8) is 0 Å². The van der Waals surface area contributed by atoms with Crippen LogP contribution in [0.5, 0.6) is 0 Å². The summed E-state index contributed by atoms with van der Waals surface area (Å²) in [6, 6.07) is 2.33. The first-order valence-electron chi connectivity index (χ1n) is 6.34. The molecule has 1 saturated carbocycles. The van der Waals surface area contributed by atoms with Gasteiger partial charge in [0.25, 0.3) is 0 Å². The standard InChI is InChI=1S/C14H23NO/c1-5-6-7-8-11-9-12(16)14(11,10-15)13(2,3)4/h11H,5-9H2,1-4H3/t11-,14-/m0/s1. The molecule has 0 aromatic heterocycles. The Bertz CT molecular complexity index is 308. The Kier molecular flexibility index (Phi) is 3.78. The van der Waals surface area contributed by atoms with E-state index in [1.165, 1.54) is 12.8 Å². The molecule has 16 heavy (non-hydrogen) atoms. The van der Waals surface area contributed by atoms with Crippen molar-refractivity contribution in [3.05, 3.63) is 0 Å². The summed E-state index contributed by atoms with van der Waals surface area (Å²) < 4.78 is 0. The van der Waals surface area contributed by atoms with Gasteiger partial charge in [0, 0.05) is 6.42 Å². The average Bonchev–Trinajstić information content (AvgIpc) is 2.15. The molecule has 0 heterocycles. The van der Waals surface area contributed by atoms with Crippen molar-refractivity contribution in [1.82, 2.24) is 0 Å². The number of ketones is 1. The van der Waals surface area contributed by atoms with Crippen molar-refractivity contribution in [1.29, 1.82) is 5.26 Å². The van der Waals surface area contributed by atoms with Crippen LogP contribution in [-0.4, -0.2) is 5.78 Å². The van der Waals surface area contributed by atoms with Gasteiger partial charge in [0.2, 0.25) is 0 Å². The van der Waals surface area contributed by atoms with Crippen molar-refractivity contribution < 1.29 is 4.79 Å². The van der Waals surface area contributed by atoms with Crippen molar-refractivity contribution in [2.45, 2.75) is 59.8 Å². The molecule has 2 atom stereocenters. The maximum absolute atomic E-state index is 11.9. The van der Waals surface area contributed by atoms with Crippen molar-refractivity contribution in [2.75, 3.05) is 0 Å². The van der Waals surface area contributed by atoms with Gasteiger partial charge < -0.3 is 0 Å². The van der Waals surface area contributed by atoms with E-state index in [0.29, 0.717) is 6.42 Å². The number of rotatable bonds is 4. The lowest BCUT2D eigenvalue weighted by molar-refractivity contribution is -0.150. The van der Waals surface area contributed by atoms with E-state index >= 15 is 0 Å². The maximum Gasteiger partial charge on any atom is 0.154 e. The van der Waals surface area contributed by atoms with Gasteiger partial charge in [-0.1, -0.05) is 47.0 Å². The molecule has 2 heteroatoms. The molecule has 1 rings (SSSR count). The molecule has 0 saturated heterocycles. The Labute approximate surface area is 99.0 Å². The molecule has 0 unspecified atom stereocenters. The summed E-state index contributed by atoms with van der Waals surface area (Å²) in [5.74, 6) is 0.445. The largest absolute Gasteiger partial charge is 0.298 e. The predicted octanol–water partition coefficient (Wildman–Crippen LogP) is 3.71. The zero-order valence-corrected chi connectivity index (χ0v) is 11.0.